The predicted molar refractivity (Wildman–Crippen MR) is 87.3 cm³/mol. The fourth-order valence-electron chi connectivity index (χ4n) is 2.26. The van der Waals surface area contributed by atoms with Crippen molar-refractivity contribution in [3.8, 4) is 0 Å². The predicted octanol–water partition coefficient (Wildman–Crippen LogP) is 4.75. The molecule has 21 heavy (non-hydrogen) atoms. The maximum atomic E-state index is 11.1. The molecule has 0 saturated heterocycles. The molecule has 0 saturated carbocycles. The molecule has 2 aromatic rings. The first-order valence-electron chi connectivity index (χ1n) is 7.15. The zero-order valence-corrected chi connectivity index (χ0v) is 12.4. The van der Waals surface area contributed by atoms with Crippen LogP contribution in [-0.4, -0.2) is 11.1 Å². The van der Waals surface area contributed by atoms with Crippen molar-refractivity contribution < 1.29 is 9.90 Å². The first-order chi connectivity index (χ1) is 10.1. The van der Waals surface area contributed by atoms with Gasteiger partial charge < -0.3 is 5.11 Å². The van der Waals surface area contributed by atoms with Gasteiger partial charge in [0.2, 0.25) is 0 Å². The lowest BCUT2D eigenvalue weighted by Gasteiger charge is -2.05. The van der Waals surface area contributed by atoms with E-state index in [1.54, 1.807) is 12.1 Å². The van der Waals surface area contributed by atoms with Crippen molar-refractivity contribution in [3.63, 3.8) is 0 Å². The Hall–Kier alpha value is -2.35. The summed E-state index contributed by atoms with van der Waals surface area (Å²) in [5.74, 6) is -0.253. The van der Waals surface area contributed by atoms with Gasteiger partial charge in [0.1, 0.15) is 0 Å². The molecule has 2 heteroatoms. The maximum Gasteiger partial charge on any atom is 0.336 e. The summed E-state index contributed by atoms with van der Waals surface area (Å²) in [4.78, 5) is 11.1. The van der Waals surface area contributed by atoms with E-state index in [0.717, 1.165) is 17.5 Å². The van der Waals surface area contributed by atoms with Gasteiger partial charge in [-0.15, -0.1) is 0 Å². The Bertz CT molecular complexity index is 637. The van der Waals surface area contributed by atoms with Crippen LogP contribution in [0.25, 0.3) is 12.2 Å². The van der Waals surface area contributed by atoms with E-state index >= 15 is 0 Å². The molecule has 0 unspecified atom stereocenters. The fraction of sp³-hybridized carbons (Fsp3) is 0.211. The average Bonchev–Trinajstić information content (AvgIpc) is 2.46. The molecule has 0 atom stereocenters. The van der Waals surface area contributed by atoms with Crippen LogP contribution < -0.4 is 0 Å². The number of hydrogen-bond acceptors (Lipinski definition) is 1. The monoisotopic (exact) mass is 280 g/mol. The van der Waals surface area contributed by atoms with Crippen LogP contribution in [0.5, 0.6) is 0 Å². The quantitative estimate of drug-likeness (QED) is 0.802. The lowest BCUT2D eigenvalue weighted by atomic mass is 10.0. The fourth-order valence-corrected chi connectivity index (χ4v) is 2.26. The normalized spacial score (nSPS) is 11.2. The zero-order chi connectivity index (χ0) is 15.2. The second-order valence-electron chi connectivity index (χ2n) is 5.57. The lowest BCUT2D eigenvalue weighted by molar-refractivity contribution is 0.0696. The summed E-state index contributed by atoms with van der Waals surface area (Å²) in [6.07, 6.45) is 4.87. The summed E-state index contributed by atoms with van der Waals surface area (Å²) in [7, 11) is 0. The van der Waals surface area contributed by atoms with Gasteiger partial charge in [-0.3, -0.25) is 0 Å². The van der Waals surface area contributed by atoms with Crippen molar-refractivity contribution in [1.82, 2.24) is 0 Å². The third-order valence-corrected chi connectivity index (χ3v) is 3.27. The van der Waals surface area contributed by atoms with Crippen LogP contribution >= 0.6 is 0 Å². The van der Waals surface area contributed by atoms with Gasteiger partial charge in [-0.2, -0.15) is 0 Å². The first-order valence-corrected chi connectivity index (χ1v) is 7.15. The molecule has 0 heterocycles. The van der Waals surface area contributed by atoms with Crippen molar-refractivity contribution in [3.05, 3.63) is 70.8 Å². The molecule has 0 bridgehead atoms. The minimum absolute atomic E-state index is 0.324. The minimum Gasteiger partial charge on any atom is -0.478 e. The molecule has 0 spiro atoms. The van der Waals surface area contributed by atoms with Crippen LogP contribution in [0.2, 0.25) is 0 Å². The molecule has 0 aliphatic carbocycles. The molecule has 0 amide bonds. The molecule has 2 rings (SSSR count). The van der Waals surface area contributed by atoms with Crippen LogP contribution in [-0.2, 0) is 6.42 Å². The second kappa shape index (κ2) is 6.89. The van der Waals surface area contributed by atoms with Gasteiger partial charge in [-0.1, -0.05) is 68.5 Å². The van der Waals surface area contributed by atoms with Crippen molar-refractivity contribution in [1.29, 1.82) is 0 Å². The second-order valence-corrected chi connectivity index (χ2v) is 5.57. The third-order valence-electron chi connectivity index (χ3n) is 3.27. The number of rotatable bonds is 5. The van der Waals surface area contributed by atoms with E-state index in [-0.39, 0.29) is 0 Å². The molecule has 0 fully saturated rings. The van der Waals surface area contributed by atoms with E-state index in [0.29, 0.717) is 11.5 Å². The highest BCUT2D eigenvalue weighted by molar-refractivity contribution is 5.93. The highest BCUT2D eigenvalue weighted by Gasteiger charge is 2.05. The molecule has 0 aliphatic heterocycles. The van der Waals surface area contributed by atoms with Crippen LogP contribution in [0.1, 0.15) is 40.9 Å². The molecule has 0 aromatic heterocycles. The Balaban J connectivity index is 2.16. The summed E-state index contributed by atoms with van der Waals surface area (Å²) in [6.45, 7) is 4.41. The Labute approximate surface area is 125 Å². The van der Waals surface area contributed by atoms with E-state index in [4.69, 9.17) is 5.11 Å². The van der Waals surface area contributed by atoms with Crippen LogP contribution in [0, 0.1) is 5.92 Å². The molecule has 2 aromatic carbocycles. The van der Waals surface area contributed by atoms with E-state index < -0.39 is 5.97 Å². The molecular formula is C19H20O2. The van der Waals surface area contributed by atoms with E-state index in [2.05, 4.69) is 38.1 Å². The molecule has 0 radical (unpaired) electrons. The van der Waals surface area contributed by atoms with Gasteiger partial charge in [0.05, 0.1) is 5.56 Å². The molecule has 2 nitrogen and oxygen atoms in total. The number of aromatic carboxylic acids is 1. The van der Waals surface area contributed by atoms with Gasteiger partial charge in [0, 0.05) is 0 Å². The highest BCUT2D eigenvalue weighted by Crippen LogP contribution is 2.15. The number of benzene rings is 2. The van der Waals surface area contributed by atoms with Crippen molar-refractivity contribution >= 4 is 18.1 Å². The van der Waals surface area contributed by atoms with Crippen molar-refractivity contribution in [2.45, 2.75) is 20.3 Å². The molecule has 1 N–H and O–H groups in total. The van der Waals surface area contributed by atoms with E-state index in [1.165, 1.54) is 5.56 Å². The van der Waals surface area contributed by atoms with Gasteiger partial charge in [-0.05, 0) is 35.1 Å². The number of carboxylic acids is 1. The molecular weight excluding hydrogens is 260 g/mol. The Morgan fingerprint density at radius 1 is 1.05 bits per heavy atom. The Morgan fingerprint density at radius 3 is 2.33 bits per heavy atom. The van der Waals surface area contributed by atoms with Gasteiger partial charge >= 0.3 is 5.97 Å². The third kappa shape index (κ3) is 4.32. The first kappa shape index (κ1) is 15.0. The Kier molecular flexibility index (Phi) is 4.94. The van der Waals surface area contributed by atoms with Crippen LogP contribution in [0.4, 0.5) is 0 Å². The lowest BCUT2D eigenvalue weighted by Crippen LogP contribution is -1.98. The van der Waals surface area contributed by atoms with E-state index in [9.17, 15) is 4.79 Å². The van der Waals surface area contributed by atoms with Gasteiger partial charge in [0.25, 0.3) is 0 Å². The van der Waals surface area contributed by atoms with Gasteiger partial charge in [-0.25, -0.2) is 4.79 Å². The Morgan fingerprint density at radius 2 is 1.71 bits per heavy atom. The maximum absolute atomic E-state index is 11.1. The summed E-state index contributed by atoms with van der Waals surface area (Å²) in [6, 6.07) is 15.4. The zero-order valence-electron chi connectivity index (χ0n) is 12.4. The van der Waals surface area contributed by atoms with Crippen LogP contribution in [0.15, 0.2) is 48.5 Å². The number of hydrogen-bond donors (Lipinski definition) is 1. The molecule has 108 valence electrons. The number of carboxylic acid groups (broad SMARTS) is 1. The summed E-state index contributed by atoms with van der Waals surface area (Å²) in [5.41, 5.74) is 3.44. The number of carbonyl (C=O) groups is 1. The summed E-state index contributed by atoms with van der Waals surface area (Å²) >= 11 is 0. The average molecular weight is 280 g/mol. The highest BCUT2D eigenvalue weighted by atomic mass is 16.4. The topological polar surface area (TPSA) is 37.3 Å². The van der Waals surface area contributed by atoms with Crippen molar-refractivity contribution in [2.24, 2.45) is 5.92 Å². The van der Waals surface area contributed by atoms with Crippen molar-refractivity contribution in [2.75, 3.05) is 0 Å². The van der Waals surface area contributed by atoms with Gasteiger partial charge in [0.15, 0.2) is 0 Å². The summed E-state index contributed by atoms with van der Waals surface area (Å²) in [5, 5.41) is 9.15. The SMILES string of the molecule is CC(C)Cc1ccc(C=Cc2ccccc2C(=O)O)cc1. The molecule has 0 aliphatic rings. The smallest absolute Gasteiger partial charge is 0.336 e. The summed E-state index contributed by atoms with van der Waals surface area (Å²) < 4.78 is 0. The largest absolute Gasteiger partial charge is 0.478 e. The van der Waals surface area contributed by atoms with Crippen LogP contribution in [0.3, 0.4) is 0 Å². The minimum atomic E-state index is -0.900. The van der Waals surface area contributed by atoms with E-state index in [1.807, 2.05) is 24.3 Å². The standard InChI is InChI=1S/C19H20O2/c1-14(2)13-16-9-7-15(8-10-16)11-12-17-5-3-4-6-18(17)19(20)21/h3-12,14H,13H2,1-2H3,(H,20,21).